The molecule has 2 heterocycles. The largest absolute Gasteiger partial charge is 0.466 e. The molecule has 0 fully saturated rings. The fourth-order valence-corrected chi connectivity index (χ4v) is 1.86. The van der Waals surface area contributed by atoms with Gasteiger partial charge in [-0.1, -0.05) is 0 Å². The van der Waals surface area contributed by atoms with Crippen molar-refractivity contribution in [3.63, 3.8) is 0 Å². The number of carbonyl (C=O) groups is 1. The van der Waals surface area contributed by atoms with Gasteiger partial charge in [-0.3, -0.25) is 4.79 Å². The summed E-state index contributed by atoms with van der Waals surface area (Å²) < 4.78 is 10.7. The van der Waals surface area contributed by atoms with E-state index in [4.69, 9.17) is 8.83 Å². The molecule has 0 saturated heterocycles. The molecule has 0 saturated carbocycles. The first-order chi connectivity index (χ1) is 7.49. The van der Waals surface area contributed by atoms with E-state index in [2.05, 4.69) is 0 Å². The molecular weight excluding hydrogens is 204 g/mol. The molecule has 16 heavy (non-hydrogen) atoms. The Balaban J connectivity index is 2.46. The monoisotopic (exact) mass is 218 g/mol. The van der Waals surface area contributed by atoms with Crippen molar-refractivity contribution in [2.45, 2.75) is 27.7 Å². The fraction of sp³-hybridized carbons (Fsp3) is 0.308. The zero-order chi connectivity index (χ0) is 11.9. The van der Waals surface area contributed by atoms with Gasteiger partial charge < -0.3 is 8.83 Å². The minimum atomic E-state index is -0.0382. The van der Waals surface area contributed by atoms with Gasteiger partial charge in [-0.15, -0.1) is 0 Å². The molecule has 84 valence electrons. The van der Waals surface area contributed by atoms with Crippen molar-refractivity contribution >= 4 is 5.78 Å². The molecule has 3 heteroatoms. The third-order valence-electron chi connectivity index (χ3n) is 2.57. The first-order valence-electron chi connectivity index (χ1n) is 5.18. The number of ketones is 1. The van der Waals surface area contributed by atoms with Gasteiger partial charge >= 0.3 is 0 Å². The summed E-state index contributed by atoms with van der Waals surface area (Å²) >= 11 is 0. The highest BCUT2D eigenvalue weighted by Crippen LogP contribution is 2.22. The van der Waals surface area contributed by atoms with E-state index in [0.29, 0.717) is 22.6 Å². The zero-order valence-corrected chi connectivity index (χ0v) is 9.88. The lowest BCUT2D eigenvalue weighted by atomic mass is 10.0. The van der Waals surface area contributed by atoms with Crippen LogP contribution < -0.4 is 0 Å². The van der Waals surface area contributed by atoms with Gasteiger partial charge in [0.15, 0.2) is 5.78 Å². The Morgan fingerprint density at radius 2 is 1.25 bits per heavy atom. The van der Waals surface area contributed by atoms with Gasteiger partial charge in [-0.2, -0.15) is 0 Å². The third kappa shape index (κ3) is 1.69. The highest BCUT2D eigenvalue weighted by atomic mass is 16.3. The topological polar surface area (TPSA) is 43.4 Å². The fourth-order valence-electron chi connectivity index (χ4n) is 1.86. The molecule has 0 N–H and O–H groups in total. The summed E-state index contributed by atoms with van der Waals surface area (Å²) in [7, 11) is 0. The Morgan fingerprint density at radius 3 is 1.50 bits per heavy atom. The quantitative estimate of drug-likeness (QED) is 0.726. The van der Waals surface area contributed by atoms with Crippen molar-refractivity contribution in [3.8, 4) is 0 Å². The van der Waals surface area contributed by atoms with Gasteiger partial charge in [0, 0.05) is 0 Å². The Hall–Kier alpha value is -1.77. The standard InChI is InChI=1S/C13H14O3/c1-7-5-11(9(3)15-7)13(14)12-6-8(2)16-10(12)4/h5-6H,1-4H3. The van der Waals surface area contributed by atoms with E-state index in [1.165, 1.54) is 0 Å². The summed E-state index contributed by atoms with van der Waals surface area (Å²) in [4.78, 5) is 12.2. The van der Waals surface area contributed by atoms with Gasteiger partial charge in [0.1, 0.15) is 23.0 Å². The molecule has 0 aliphatic rings. The van der Waals surface area contributed by atoms with E-state index in [-0.39, 0.29) is 5.78 Å². The second-order valence-electron chi connectivity index (χ2n) is 3.98. The number of hydrogen-bond donors (Lipinski definition) is 0. The molecule has 3 nitrogen and oxygen atoms in total. The summed E-state index contributed by atoms with van der Waals surface area (Å²) in [6, 6.07) is 3.53. The molecule has 2 rings (SSSR count). The lowest BCUT2D eigenvalue weighted by molar-refractivity contribution is 0.103. The van der Waals surface area contributed by atoms with Crippen LogP contribution in [0.5, 0.6) is 0 Å². The second kappa shape index (κ2) is 3.67. The number of furan rings is 2. The predicted octanol–water partition coefficient (Wildman–Crippen LogP) is 3.34. The van der Waals surface area contributed by atoms with Crippen LogP contribution >= 0.6 is 0 Å². The molecule has 0 unspecified atom stereocenters. The molecule has 0 radical (unpaired) electrons. The Bertz CT molecular complexity index is 495. The van der Waals surface area contributed by atoms with E-state index in [0.717, 1.165) is 11.5 Å². The highest BCUT2D eigenvalue weighted by molar-refractivity contribution is 6.10. The van der Waals surface area contributed by atoms with Crippen LogP contribution in [0, 0.1) is 27.7 Å². The van der Waals surface area contributed by atoms with E-state index >= 15 is 0 Å². The van der Waals surface area contributed by atoms with Gasteiger partial charge in [0.05, 0.1) is 11.1 Å². The van der Waals surface area contributed by atoms with Crippen LogP contribution in [0.1, 0.15) is 39.0 Å². The maximum absolute atomic E-state index is 12.2. The second-order valence-corrected chi connectivity index (χ2v) is 3.98. The highest BCUT2D eigenvalue weighted by Gasteiger charge is 2.19. The van der Waals surface area contributed by atoms with E-state index < -0.39 is 0 Å². The molecule has 0 amide bonds. The molecule has 0 spiro atoms. The first-order valence-corrected chi connectivity index (χ1v) is 5.18. The molecule has 0 aliphatic heterocycles. The average Bonchev–Trinajstić information content (AvgIpc) is 2.68. The number of hydrogen-bond acceptors (Lipinski definition) is 3. The maximum atomic E-state index is 12.2. The van der Waals surface area contributed by atoms with Crippen LogP contribution in [0.2, 0.25) is 0 Å². The summed E-state index contributed by atoms with van der Waals surface area (Å²) in [5, 5.41) is 0. The smallest absolute Gasteiger partial charge is 0.200 e. The normalized spacial score (nSPS) is 10.8. The molecule has 2 aromatic heterocycles. The molecule has 0 atom stereocenters. The molecule has 0 aliphatic carbocycles. The van der Waals surface area contributed by atoms with E-state index in [9.17, 15) is 4.79 Å². The minimum Gasteiger partial charge on any atom is -0.466 e. The van der Waals surface area contributed by atoms with Crippen LogP contribution in [-0.2, 0) is 0 Å². The zero-order valence-electron chi connectivity index (χ0n) is 9.88. The maximum Gasteiger partial charge on any atom is 0.200 e. The molecule has 2 aromatic rings. The Labute approximate surface area is 94.1 Å². The third-order valence-corrected chi connectivity index (χ3v) is 2.57. The van der Waals surface area contributed by atoms with Crippen molar-refractivity contribution in [2.75, 3.05) is 0 Å². The van der Waals surface area contributed by atoms with Crippen molar-refractivity contribution < 1.29 is 13.6 Å². The number of rotatable bonds is 2. The van der Waals surface area contributed by atoms with Crippen molar-refractivity contribution in [3.05, 3.63) is 46.3 Å². The summed E-state index contributed by atoms with van der Waals surface area (Å²) in [6.45, 7) is 7.25. The van der Waals surface area contributed by atoms with Crippen LogP contribution in [0.4, 0.5) is 0 Å². The minimum absolute atomic E-state index is 0.0382. The summed E-state index contributed by atoms with van der Waals surface area (Å²) in [5.74, 6) is 2.77. The number of carbonyl (C=O) groups excluding carboxylic acids is 1. The average molecular weight is 218 g/mol. The number of aryl methyl sites for hydroxylation is 4. The van der Waals surface area contributed by atoms with Gasteiger partial charge in [-0.25, -0.2) is 0 Å². The van der Waals surface area contributed by atoms with Gasteiger partial charge in [-0.05, 0) is 39.8 Å². The van der Waals surface area contributed by atoms with E-state index in [1.54, 1.807) is 26.0 Å². The van der Waals surface area contributed by atoms with Crippen LogP contribution in [0.3, 0.4) is 0 Å². The van der Waals surface area contributed by atoms with E-state index in [1.807, 2.05) is 13.8 Å². The Morgan fingerprint density at radius 1 is 0.875 bits per heavy atom. The van der Waals surface area contributed by atoms with Crippen molar-refractivity contribution in [1.29, 1.82) is 0 Å². The van der Waals surface area contributed by atoms with Crippen molar-refractivity contribution in [2.24, 2.45) is 0 Å². The summed E-state index contributed by atoms with van der Waals surface area (Å²) in [5.41, 5.74) is 1.22. The van der Waals surface area contributed by atoms with Crippen LogP contribution in [-0.4, -0.2) is 5.78 Å². The molecular formula is C13H14O3. The predicted molar refractivity (Wildman–Crippen MR) is 59.8 cm³/mol. The van der Waals surface area contributed by atoms with Crippen LogP contribution in [0.25, 0.3) is 0 Å². The Kier molecular flexibility index (Phi) is 2.46. The SMILES string of the molecule is Cc1cc(C(=O)c2cc(C)oc2C)c(C)o1. The lowest BCUT2D eigenvalue weighted by Gasteiger charge is -1.96. The lowest BCUT2D eigenvalue weighted by Crippen LogP contribution is -2.01. The summed E-state index contributed by atoms with van der Waals surface area (Å²) in [6.07, 6.45) is 0. The first kappa shape index (κ1) is 10.7. The molecule has 0 bridgehead atoms. The van der Waals surface area contributed by atoms with Gasteiger partial charge in [0.25, 0.3) is 0 Å². The van der Waals surface area contributed by atoms with Crippen LogP contribution in [0.15, 0.2) is 21.0 Å². The van der Waals surface area contributed by atoms with Crippen molar-refractivity contribution in [1.82, 2.24) is 0 Å². The van der Waals surface area contributed by atoms with Gasteiger partial charge in [0.2, 0.25) is 0 Å². The molecule has 0 aromatic carbocycles.